The van der Waals surface area contributed by atoms with Crippen molar-refractivity contribution in [3.8, 4) is 0 Å². The average molecular weight is 574 g/mol. The molecule has 0 aliphatic rings. The van der Waals surface area contributed by atoms with Crippen LogP contribution in [0.2, 0.25) is 0 Å². The lowest BCUT2D eigenvalue weighted by Gasteiger charge is -2.28. The van der Waals surface area contributed by atoms with Crippen molar-refractivity contribution in [3.63, 3.8) is 0 Å². The monoisotopic (exact) mass is 573 g/mol. The lowest BCUT2D eigenvalue weighted by molar-refractivity contribution is -0.131. The van der Waals surface area contributed by atoms with Crippen LogP contribution >= 0.6 is 0 Å². The number of carbonyl (C=O) groups is 4. The van der Waals surface area contributed by atoms with E-state index in [4.69, 9.17) is 5.41 Å². The van der Waals surface area contributed by atoms with E-state index in [0.717, 1.165) is 28.2 Å². The van der Waals surface area contributed by atoms with Gasteiger partial charge in [0.25, 0.3) is 0 Å². The molecule has 2 aromatic carbocycles. The molecule has 2 unspecified atom stereocenters. The molecule has 1 aromatic heterocycles. The minimum absolute atomic E-state index is 0.0890. The highest BCUT2D eigenvalue weighted by molar-refractivity contribution is 6.26. The van der Waals surface area contributed by atoms with Gasteiger partial charge in [0.15, 0.2) is 11.6 Å². The molecule has 2 amide bonds. The number of H-pyrrole nitrogens is 1. The molecule has 3 rings (SSSR count). The number of hydrogen-bond acceptors (Lipinski definition) is 6. The number of para-hydroxylation sites is 1. The van der Waals surface area contributed by atoms with Crippen molar-refractivity contribution in [2.75, 3.05) is 20.6 Å². The molecular weight excluding hydrogens is 530 g/mol. The predicted molar refractivity (Wildman–Crippen MR) is 165 cm³/mol. The van der Waals surface area contributed by atoms with Gasteiger partial charge in [-0.1, -0.05) is 62.4 Å². The van der Waals surface area contributed by atoms with Crippen LogP contribution in [0.4, 0.5) is 0 Å². The highest BCUT2D eigenvalue weighted by Crippen LogP contribution is 2.27. The van der Waals surface area contributed by atoms with Crippen LogP contribution in [0, 0.1) is 23.2 Å². The molecule has 0 saturated heterocycles. The summed E-state index contributed by atoms with van der Waals surface area (Å²) >= 11 is 0. The summed E-state index contributed by atoms with van der Waals surface area (Å²) in [6.07, 6.45) is 3.77. The zero-order valence-electron chi connectivity index (χ0n) is 25.0. The number of amides is 2. The molecule has 42 heavy (non-hydrogen) atoms. The fraction of sp³-hybridized carbons (Fsp3) is 0.424. The maximum Gasteiger partial charge on any atom is 0.234 e. The largest absolute Gasteiger partial charge is 0.361 e. The van der Waals surface area contributed by atoms with Gasteiger partial charge in [0, 0.05) is 48.3 Å². The number of aromatic amines is 1. The Morgan fingerprint density at radius 3 is 2.38 bits per heavy atom. The summed E-state index contributed by atoms with van der Waals surface area (Å²) in [6.45, 7) is 4.30. The molecule has 0 spiro atoms. The first-order chi connectivity index (χ1) is 20.1. The summed E-state index contributed by atoms with van der Waals surface area (Å²) in [7, 11) is 3.60. The van der Waals surface area contributed by atoms with Crippen LogP contribution in [-0.2, 0) is 32.1 Å². The Kier molecular flexibility index (Phi) is 12.2. The van der Waals surface area contributed by atoms with Crippen molar-refractivity contribution >= 4 is 40.5 Å². The van der Waals surface area contributed by atoms with E-state index in [0.29, 0.717) is 25.8 Å². The number of nitrogens with zero attached hydrogens (tertiary/aromatic N) is 1. The quantitative estimate of drug-likeness (QED) is 0.182. The van der Waals surface area contributed by atoms with Crippen molar-refractivity contribution in [1.29, 1.82) is 5.41 Å². The maximum atomic E-state index is 13.9. The Morgan fingerprint density at radius 2 is 1.69 bits per heavy atom. The third-order valence-corrected chi connectivity index (χ3v) is 7.78. The van der Waals surface area contributed by atoms with Gasteiger partial charge in [-0.2, -0.15) is 0 Å². The second kappa shape index (κ2) is 15.8. The molecule has 9 heteroatoms. The van der Waals surface area contributed by atoms with Gasteiger partial charge >= 0.3 is 0 Å². The van der Waals surface area contributed by atoms with Gasteiger partial charge in [0.2, 0.25) is 11.8 Å². The number of likely N-dealkylation sites (N-methyl/N-ethyl adjacent to an activating group) is 1. The number of fused-ring (bicyclic) bond motifs is 1. The number of aromatic nitrogens is 1. The highest BCUT2D eigenvalue weighted by atomic mass is 16.2. The van der Waals surface area contributed by atoms with Crippen LogP contribution in [0.1, 0.15) is 44.2 Å². The second-order valence-electron chi connectivity index (χ2n) is 11.4. The number of rotatable bonds is 17. The first kappa shape index (κ1) is 32.4. The smallest absolute Gasteiger partial charge is 0.234 e. The van der Waals surface area contributed by atoms with Crippen molar-refractivity contribution in [1.82, 2.24) is 20.5 Å². The van der Waals surface area contributed by atoms with Crippen molar-refractivity contribution in [2.24, 2.45) is 17.8 Å². The second-order valence-corrected chi connectivity index (χ2v) is 11.4. The van der Waals surface area contributed by atoms with E-state index in [1.54, 1.807) is 19.0 Å². The molecule has 0 saturated carbocycles. The van der Waals surface area contributed by atoms with Gasteiger partial charge in [0.1, 0.15) is 0 Å². The normalized spacial score (nSPS) is 14.1. The van der Waals surface area contributed by atoms with Gasteiger partial charge in [-0.05, 0) is 50.0 Å². The summed E-state index contributed by atoms with van der Waals surface area (Å²) in [5, 5.41) is 14.2. The first-order valence-corrected chi connectivity index (χ1v) is 14.5. The molecule has 3 aromatic rings. The van der Waals surface area contributed by atoms with Crippen LogP contribution in [0.25, 0.3) is 10.9 Å². The van der Waals surface area contributed by atoms with Crippen LogP contribution in [-0.4, -0.2) is 66.2 Å². The van der Waals surface area contributed by atoms with E-state index in [1.165, 1.54) is 0 Å². The number of carbonyl (C=O) groups excluding carboxylic acids is 4. The third-order valence-electron chi connectivity index (χ3n) is 7.78. The molecule has 0 bridgehead atoms. The lowest BCUT2D eigenvalue weighted by Crippen LogP contribution is -2.48. The molecule has 1 heterocycles. The summed E-state index contributed by atoms with van der Waals surface area (Å²) in [5.74, 6) is -2.01. The van der Waals surface area contributed by atoms with Crippen LogP contribution in [0.5, 0.6) is 0 Å². The molecule has 0 aliphatic carbocycles. The maximum absolute atomic E-state index is 13.9. The average Bonchev–Trinajstić information content (AvgIpc) is 3.39. The van der Waals surface area contributed by atoms with E-state index < -0.39 is 17.9 Å². The van der Waals surface area contributed by atoms with Crippen LogP contribution < -0.4 is 10.6 Å². The first-order valence-electron chi connectivity index (χ1n) is 14.5. The van der Waals surface area contributed by atoms with Crippen LogP contribution in [0.15, 0.2) is 60.8 Å². The third kappa shape index (κ3) is 9.48. The summed E-state index contributed by atoms with van der Waals surface area (Å²) in [6, 6.07) is 16.7. The molecule has 0 fully saturated rings. The number of hydrogen-bond donors (Lipinski definition) is 4. The summed E-state index contributed by atoms with van der Waals surface area (Å²) in [4.78, 5) is 56.8. The predicted octanol–water partition coefficient (Wildman–Crippen LogP) is 3.92. The van der Waals surface area contributed by atoms with Gasteiger partial charge in [-0.3, -0.25) is 19.2 Å². The Balaban J connectivity index is 1.75. The Morgan fingerprint density at radius 1 is 1.00 bits per heavy atom. The highest BCUT2D eigenvalue weighted by Gasteiger charge is 2.32. The van der Waals surface area contributed by atoms with Gasteiger partial charge < -0.3 is 25.9 Å². The van der Waals surface area contributed by atoms with Crippen molar-refractivity contribution in [3.05, 3.63) is 71.9 Å². The molecule has 0 aliphatic heterocycles. The Hall–Kier alpha value is -4.11. The SMILES string of the molecule is CC(C[C@@H](CCC(=O)C=N)C(=O)NCc1ccccc1)C(C)C(=O)[C@H](Cc1c[nH]c2ccccc12)NC(=O)CN(C)C. The minimum Gasteiger partial charge on any atom is -0.361 e. The fourth-order valence-electron chi connectivity index (χ4n) is 5.20. The zero-order chi connectivity index (χ0) is 30.6. The molecular formula is C33H43N5O4. The number of Topliss-reactive ketones (excluding diaryl/α,β-unsaturated/α-hetero) is 2. The standard InChI is InChI=1S/C33H43N5O4/c1-22(16-25(14-15-27(39)18-34)33(42)36-19-24-10-6-5-7-11-24)23(2)32(41)30(37-31(40)21-38(3)4)17-26-20-35-29-13-9-8-12-28(26)29/h5-13,18,20,22-23,25,30,34-35H,14-17,19,21H2,1-4H3,(H,36,42)(H,37,40)/t22?,23?,25-,30+/m1/s1. The summed E-state index contributed by atoms with van der Waals surface area (Å²) < 4.78 is 0. The van der Waals surface area contributed by atoms with E-state index in [-0.39, 0.29) is 42.3 Å². The lowest BCUT2D eigenvalue weighted by atomic mass is 9.80. The van der Waals surface area contributed by atoms with E-state index in [9.17, 15) is 19.2 Å². The van der Waals surface area contributed by atoms with Gasteiger partial charge in [-0.25, -0.2) is 0 Å². The van der Waals surface area contributed by atoms with Crippen LogP contribution in [0.3, 0.4) is 0 Å². The Bertz CT molecular complexity index is 1370. The topological polar surface area (TPSA) is 135 Å². The fourth-order valence-corrected chi connectivity index (χ4v) is 5.20. The zero-order valence-corrected chi connectivity index (χ0v) is 25.0. The molecule has 9 nitrogen and oxygen atoms in total. The Labute approximate surface area is 248 Å². The number of benzene rings is 2. The minimum atomic E-state index is -0.737. The van der Waals surface area contributed by atoms with Crippen molar-refractivity contribution < 1.29 is 19.2 Å². The van der Waals surface area contributed by atoms with E-state index in [2.05, 4.69) is 15.6 Å². The number of nitrogens with one attached hydrogen (secondary N) is 4. The molecule has 4 atom stereocenters. The van der Waals surface area contributed by atoms with E-state index >= 15 is 0 Å². The van der Waals surface area contributed by atoms with Gasteiger partial charge in [-0.15, -0.1) is 0 Å². The molecule has 0 radical (unpaired) electrons. The van der Waals surface area contributed by atoms with Crippen molar-refractivity contribution in [2.45, 2.75) is 52.1 Å². The van der Waals surface area contributed by atoms with Gasteiger partial charge in [0.05, 0.1) is 18.8 Å². The van der Waals surface area contributed by atoms with E-state index in [1.807, 2.05) is 74.6 Å². The molecule has 4 N–H and O–H groups in total. The summed E-state index contributed by atoms with van der Waals surface area (Å²) in [5.41, 5.74) is 2.87. The molecule has 224 valence electrons. The number of ketones is 2.